The van der Waals surface area contributed by atoms with Crippen molar-refractivity contribution < 1.29 is 18.7 Å². The van der Waals surface area contributed by atoms with Crippen molar-refractivity contribution in [3.8, 4) is 0 Å². The summed E-state index contributed by atoms with van der Waals surface area (Å²) >= 11 is 0. The second-order valence-corrected chi connectivity index (χ2v) is 1.01. The Morgan fingerprint density at radius 2 is 1.86 bits per heavy atom. The number of hydrogen-bond donors (Lipinski definition) is 1. The molecular formula is C3H3F2O2+. The molecule has 0 rings (SSSR count). The van der Waals surface area contributed by atoms with Crippen molar-refractivity contribution in [2.75, 3.05) is 0 Å². The van der Waals surface area contributed by atoms with Gasteiger partial charge in [-0.25, -0.2) is 4.79 Å². The smallest absolute Gasteiger partial charge is 0.473 e. The van der Waals surface area contributed by atoms with Crippen LogP contribution in [0.2, 0.25) is 0 Å². The maximum absolute atomic E-state index is 11.1. The van der Waals surface area contributed by atoms with Crippen LogP contribution in [0.4, 0.5) is 8.78 Å². The first-order valence-corrected chi connectivity index (χ1v) is 1.41. The van der Waals surface area contributed by atoms with Gasteiger partial charge in [-0.15, -0.1) is 8.78 Å². The van der Waals surface area contributed by atoms with Gasteiger partial charge in [0.2, 0.25) is 0 Å². The Labute approximate surface area is 38.8 Å². The maximum Gasteiger partial charge on any atom is 0.482 e. The van der Waals surface area contributed by atoms with Crippen LogP contribution >= 0.6 is 0 Å². The van der Waals surface area contributed by atoms with Gasteiger partial charge in [-0.3, -0.25) is 0 Å². The standard InChI is InChI=1S/C3H2F2O2/c1-3(4,5)2(6)7/h1H2/p+1. The molecule has 40 valence electrons. The summed E-state index contributed by atoms with van der Waals surface area (Å²) in [4.78, 5) is 9.21. The average Bonchev–Trinajstić information content (AvgIpc) is 1.31. The monoisotopic (exact) mass is 109 g/mol. The van der Waals surface area contributed by atoms with Crippen LogP contribution in [0.5, 0.6) is 0 Å². The lowest BCUT2D eigenvalue weighted by Gasteiger charge is -1.90. The van der Waals surface area contributed by atoms with Crippen LogP contribution in [0, 0.1) is 6.92 Å². The predicted molar refractivity (Wildman–Crippen MR) is 17.9 cm³/mol. The second kappa shape index (κ2) is 1.36. The van der Waals surface area contributed by atoms with E-state index in [4.69, 9.17) is 5.11 Å². The molecule has 4 heteroatoms. The molecule has 0 aromatic rings. The first-order chi connectivity index (χ1) is 2.94. The average molecular weight is 109 g/mol. The van der Waals surface area contributed by atoms with Crippen LogP contribution in [-0.2, 0) is 4.79 Å². The first-order valence-electron chi connectivity index (χ1n) is 1.41. The largest absolute Gasteiger partial charge is 0.482 e. The first kappa shape index (κ1) is 6.20. The van der Waals surface area contributed by atoms with Gasteiger partial charge in [-0.05, 0) is 0 Å². The van der Waals surface area contributed by atoms with Gasteiger partial charge >= 0.3 is 11.9 Å². The van der Waals surface area contributed by atoms with Crippen molar-refractivity contribution in [1.82, 2.24) is 0 Å². The Morgan fingerprint density at radius 3 is 1.86 bits per heavy atom. The highest BCUT2D eigenvalue weighted by Gasteiger charge is 2.41. The number of halogens is 2. The molecule has 0 bridgehead atoms. The van der Waals surface area contributed by atoms with Gasteiger partial charge in [0.15, 0.2) is 0 Å². The van der Waals surface area contributed by atoms with Gasteiger partial charge in [-0.1, -0.05) is 0 Å². The van der Waals surface area contributed by atoms with E-state index in [0.29, 0.717) is 0 Å². The van der Waals surface area contributed by atoms with Crippen LogP contribution in [-0.4, -0.2) is 17.0 Å². The van der Waals surface area contributed by atoms with E-state index in [-0.39, 0.29) is 0 Å². The van der Waals surface area contributed by atoms with Gasteiger partial charge in [0.25, 0.3) is 0 Å². The van der Waals surface area contributed by atoms with Crippen molar-refractivity contribution >= 4 is 5.97 Å². The fraction of sp³-hybridized carbons (Fsp3) is 0.333. The van der Waals surface area contributed by atoms with E-state index in [1.54, 1.807) is 0 Å². The highest BCUT2D eigenvalue weighted by atomic mass is 19.3. The quantitative estimate of drug-likeness (QED) is 0.499. The van der Waals surface area contributed by atoms with Crippen molar-refractivity contribution in [1.29, 1.82) is 0 Å². The molecule has 0 saturated carbocycles. The normalized spacial score (nSPS) is 11.1. The number of hydrogen-bond acceptors (Lipinski definition) is 1. The van der Waals surface area contributed by atoms with E-state index >= 15 is 0 Å². The molecule has 0 atom stereocenters. The Morgan fingerprint density at radius 1 is 1.71 bits per heavy atom. The fourth-order valence-electron chi connectivity index (χ4n) is 0. The number of carboxylic acids is 1. The topological polar surface area (TPSA) is 37.3 Å². The molecule has 0 spiro atoms. The lowest BCUT2D eigenvalue weighted by molar-refractivity contribution is -0.158. The zero-order valence-electron chi connectivity index (χ0n) is 3.32. The van der Waals surface area contributed by atoms with Crippen molar-refractivity contribution in [2.24, 2.45) is 0 Å². The van der Waals surface area contributed by atoms with Crippen LogP contribution in [0.15, 0.2) is 0 Å². The minimum atomic E-state index is -3.83. The summed E-state index contributed by atoms with van der Waals surface area (Å²) in [6.07, 6.45) is 0. The minimum Gasteiger partial charge on any atom is -0.473 e. The lowest BCUT2D eigenvalue weighted by atomic mass is 10.4. The number of rotatable bonds is 1. The number of carbonyl (C=O) groups is 1. The summed E-state index contributed by atoms with van der Waals surface area (Å²) in [6.45, 7) is 2.04. The molecule has 0 radical (unpaired) electrons. The SMILES string of the molecule is [CH2+]C(F)(F)C(=O)O. The van der Waals surface area contributed by atoms with Crippen LogP contribution in [0.3, 0.4) is 0 Å². The van der Waals surface area contributed by atoms with E-state index in [9.17, 15) is 13.6 Å². The number of aliphatic carboxylic acids is 1. The molecule has 0 aromatic carbocycles. The molecule has 1 N–H and O–H groups in total. The van der Waals surface area contributed by atoms with Crippen LogP contribution < -0.4 is 0 Å². The van der Waals surface area contributed by atoms with E-state index < -0.39 is 11.9 Å². The third kappa shape index (κ3) is 1.97. The maximum atomic E-state index is 11.1. The molecule has 2 nitrogen and oxygen atoms in total. The molecule has 0 aliphatic heterocycles. The number of alkyl halides is 2. The summed E-state index contributed by atoms with van der Waals surface area (Å²) in [5, 5.41) is 7.44. The van der Waals surface area contributed by atoms with E-state index in [0.717, 1.165) is 0 Å². The predicted octanol–water partition coefficient (Wildman–Crippen LogP) is 0.540. The van der Waals surface area contributed by atoms with Gasteiger partial charge in [0.1, 0.15) is 6.92 Å². The molecule has 0 aromatic heterocycles. The minimum absolute atomic E-state index is 2.04. The highest BCUT2D eigenvalue weighted by Crippen LogP contribution is 2.08. The van der Waals surface area contributed by atoms with E-state index in [1.807, 2.05) is 6.92 Å². The van der Waals surface area contributed by atoms with Gasteiger partial charge in [0.05, 0.1) is 0 Å². The fourth-order valence-corrected chi connectivity index (χ4v) is 0. The molecule has 0 aliphatic rings. The zero-order valence-corrected chi connectivity index (χ0v) is 3.32. The van der Waals surface area contributed by atoms with Crippen molar-refractivity contribution in [3.05, 3.63) is 6.92 Å². The van der Waals surface area contributed by atoms with E-state index in [2.05, 4.69) is 0 Å². The summed E-state index contributed by atoms with van der Waals surface area (Å²) < 4.78 is 22.3. The zero-order chi connectivity index (χ0) is 6.08. The Hall–Kier alpha value is -0.800. The van der Waals surface area contributed by atoms with Gasteiger partial charge in [0, 0.05) is 0 Å². The lowest BCUT2D eigenvalue weighted by Crippen LogP contribution is -2.23. The van der Waals surface area contributed by atoms with Crippen molar-refractivity contribution in [3.63, 3.8) is 0 Å². The summed E-state index contributed by atoms with van der Waals surface area (Å²) in [6, 6.07) is 0. The molecule has 0 heterocycles. The van der Waals surface area contributed by atoms with Gasteiger partial charge in [-0.2, -0.15) is 0 Å². The Bertz CT molecular complexity index is 83.4. The van der Waals surface area contributed by atoms with Crippen LogP contribution in [0.1, 0.15) is 0 Å². The van der Waals surface area contributed by atoms with Crippen molar-refractivity contribution in [2.45, 2.75) is 5.92 Å². The van der Waals surface area contributed by atoms with Crippen LogP contribution in [0.25, 0.3) is 0 Å². The molecular weight excluding hydrogens is 106 g/mol. The summed E-state index contributed by atoms with van der Waals surface area (Å²) in [5.74, 6) is -6.03. The van der Waals surface area contributed by atoms with Gasteiger partial charge < -0.3 is 5.11 Å². The molecule has 0 aliphatic carbocycles. The number of carboxylic acid groups (broad SMARTS) is 1. The summed E-state index contributed by atoms with van der Waals surface area (Å²) in [5.41, 5.74) is 0. The molecule has 0 fully saturated rings. The van der Waals surface area contributed by atoms with E-state index in [1.165, 1.54) is 0 Å². The Balaban J connectivity index is 3.79. The molecule has 0 saturated heterocycles. The molecule has 0 amide bonds. The third-order valence-corrected chi connectivity index (χ3v) is 0.313. The highest BCUT2D eigenvalue weighted by molar-refractivity contribution is 5.75. The summed E-state index contributed by atoms with van der Waals surface area (Å²) in [7, 11) is 0. The molecule has 7 heavy (non-hydrogen) atoms. The molecule has 0 unspecified atom stereocenters. The third-order valence-electron chi connectivity index (χ3n) is 0.313. The Kier molecular flexibility index (Phi) is 1.21. The second-order valence-electron chi connectivity index (χ2n) is 1.01.